The van der Waals surface area contributed by atoms with Gasteiger partial charge in [-0.3, -0.25) is 14.0 Å². The number of carbonyl (C=O) groups is 1. The first-order valence-corrected chi connectivity index (χ1v) is 13.1. The average Bonchev–Trinajstić information content (AvgIpc) is 2.71. The van der Waals surface area contributed by atoms with Crippen LogP contribution in [0, 0.1) is 13.8 Å². The van der Waals surface area contributed by atoms with E-state index >= 15 is 0 Å². The highest BCUT2D eigenvalue weighted by Gasteiger charge is 2.29. The maximum absolute atomic E-state index is 12.9. The number of hydrogen-bond acceptors (Lipinski definition) is 4. The predicted octanol–water partition coefficient (Wildman–Crippen LogP) is 3.76. The first-order valence-electron chi connectivity index (χ1n) is 11.3. The Bertz CT molecular complexity index is 1030. The quantitative estimate of drug-likeness (QED) is 0.655. The lowest BCUT2D eigenvalue weighted by atomic mass is 10.1. The lowest BCUT2D eigenvalue weighted by molar-refractivity contribution is -0.122. The Kier molecular flexibility index (Phi) is 7.96. The number of rotatable bonds is 8. The summed E-state index contributed by atoms with van der Waals surface area (Å²) in [6.07, 6.45) is 4.96. The van der Waals surface area contributed by atoms with Crippen LogP contribution in [-0.4, -0.2) is 44.6 Å². The van der Waals surface area contributed by atoms with Gasteiger partial charge in [0.1, 0.15) is 6.04 Å². The van der Waals surface area contributed by atoms with Crippen molar-refractivity contribution in [1.82, 2.24) is 10.2 Å². The number of likely N-dealkylation sites (tertiary alicyclic amines) is 1. The maximum Gasteiger partial charge on any atom is 0.243 e. The fourth-order valence-corrected chi connectivity index (χ4v) is 5.60. The van der Waals surface area contributed by atoms with E-state index in [2.05, 4.69) is 22.3 Å². The highest BCUT2D eigenvalue weighted by atomic mass is 32.2. The number of amides is 1. The van der Waals surface area contributed by atoms with Gasteiger partial charge in [-0.15, -0.1) is 0 Å². The first-order chi connectivity index (χ1) is 15.1. The number of piperidine rings is 1. The molecular weight excluding hydrogens is 422 g/mol. The largest absolute Gasteiger partial charge is 0.350 e. The molecule has 0 unspecified atom stereocenters. The van der Waals surface area contributed by atoms with E-state index in [4.69, 9.17) is 0 Å². The van der Waals surface area contributed by atoms with E-state index < -0.39 is 16.1 Å². The van der Waals surface area contributed by atoms with Gasteiger partial charge >= 0.3 is 0 Å². The van der Waals surface area contributed by atoms with Crippen LogP contribution >= 0.6 is 0 Å². The molecule has 1 aliphatic heterocycles. The summed E-state index contributed by atoms with van der Waals surface area (Å²) in [5, 5.41) is 2.92. The van der Waals surface area contributed by atoms with Crippen LogP contribution in [0.25, 0.3) is 0 Å². The molecule has 0 aliphatic carbocycles. The van der Waals surface area contributed by atoms with Crippen molar-refractivity contribution < 1.29 is 13.2 Å². The lowest BCUT2D eigenvalue weighted by Gasteiger charge is -2.29. The normalized spacial score (nSPS) is 15.9. The summed E-state index contributed by atoms with van der Waals surface area (Å²) < 4.78 is 26.3. The second-order valence-corrected chi connectivity index (χ2v) is 10.8. The van der Waals surface area contributed by atoms with E-state index in [0.717, 1.165) is 42.6 Å². The van der Waals surface area contributed by atoms with Gasteiger partial charge in [0, 0.05) is 13.1 Å². The number of sulfonamides is 1. The third-order valence-corrected chi connectivity index (χ3v) is 7.10. The van der Waals surface area contributed by atoms with Gasteiger partial charge in [-0.25, -0.2) is 8.42 Å². The number of carbonyl (C=O) groups excluding carboxylic acids is 1. The Balaban J connectivity index is 1.68. The van der Waals surface area contributed by atoms with Gasteiger partial charge in [0.05, 0.1) is 11.9 Å². The summed E-state index contributed by atoms with van der Waals surface area (Å²) in [5.74, 6) is -0.323. The van der Waals surface area contributed by atoms with E-state index in [0.29, 0.717) is 12.2 Å². The summed E-state index contributed by atoms with van der Waals surface area (Å²) in [5.41, 5.74) is 4.66. The van der Waals surface area contributed by atoms with E-state index in [1.54, 1.807) is 19.1 Å². The zero-order chi connectivity index (χ0) is 23.3. The molecule has 2 aromatic rings. The lowest BCUT2D eigenvalue weighted by Crippen LogP contribution is -2.47. The second kappa shape index (κ2) is 10.5. The molecule has 32 heavy (non-hydrogen) atoms. The fraction of sp³-hybridized carbons (Fsp3) is 0.480. The summed E-state index contributed by atoms with van der Waals surface area (Å²) in [6.45, 7) is 9.02. The van der Waals surface area contributed by atoms with Gasteiger partial charge in [0.25, 0.3) is 0 Å². The summed E-state index contributed by atoms with van der Waals surface area (Å²) in [4.78, 5) is 15.4. The maximum atomic E-state index is 12.9. The molecular formula is C25H35N3O3S. The van der Waals surface area contributed by atoms with Crippen molar-refractivity contribution in [1.29, 1.82) is 0 Å². The molecule has 6 nitrogen and oxygen atoms in total. The number of nitrogens with one attached hydrogen (secondary N) is 1. The average molecular weight is 458 g/mol. The monoisotopic (exact) mass is 457 g/mol. The zero-order valence-electron chi connectivity index (χ0n) is 19.6. The van der Waals surface area contributed by atoms with Crippen LogP contribution in [0.5, 0.6) is 0 Å². The second-order valence-electron chi connectivity index (χ2n) is 8.96. The minimum atomic E-state index is -3.63. The number of hydrogen-bond donors (Lipinski definition) is 1. The van der Waals surface area contributed by atoms with Gasteiger partial charge in [-0.1, -0.05) is 36.8 Å². The zero-order valence-corrected chi connectivity index (χ0v) is 20.4. The molecule has 1 aliphatic rings. The van der Waals surface area contributed by atoms with Crippen LogP contribution in [0.1, 0.15) is 48.4 Å². The standard InChI is InChI=1S/C25H35N3O3S/c1-19-13-20(2)15-24(14-19)28(32(4,30)31)21(3)25(29)26-17-22-9-8-10-23(16-22)18-27-11-6-5-7-12-27/h8-10,13-16,21H,5-7,11-12,17-18H2,1-4H3,(H,26,29)/t21-/m1/s1. The van der Waals surface area contributed by atoms with Gasteiger partial charge in [0.2, 0.25) is 15.9 Å². The van der Waals surface area contributed by atoms with Gasteiger partial charge in [-0.05, 0) is 81.1 Å². The van der Waals surface area contributed by atoms with Gasteiger partial charge in [0.15, 0.2) is 0 Å². The van der Waals surface area contributed by atoms with Crippen molar-refractivity contribution in [3.05, 3.63) is 64.7 Å². The molecule has 0 spiro atoms. The Morgan fingerprint density at radius 2 is 1.66 bits per heavy atom. The van der Waals surface area contributed by atoms with Crippen molar-refractivity contribution in [2.75, 3.05) is 23.7 Å². The molecule has 0 aromatic heterocycles. The van der Waals surface area contributed by atoms with Crippen molar-refractivity contribution in [3.63, 3.8) is 0 Å². The van der Waals surface area contributed by atoms with Crippen LogP contribution < -0.4 is 9.62 Å². The van der Waals surface area contributed by atoms with Crippen LogP contribution in [0.4, 0.5) is 5.69 Å². The third kappa shape index (κ3) is 6.56. The molecule has 0 saturated carbocycles. The first kappa shape index (κ1) is 24.3. The number of nitrogens with zero attached hydrogens (tertiary/aromatic N) is 2. The fourth-order valence-electron chi connectivity index (χ4n) is 4.44. The molecule has 1 heterocycles. The molecule has 1 N–H and O–H groups in total. The predicted molar refractivity (Wildman–Crippen MR) is 130 cm³/mol. The molecule has 1 amide bonds. The van der Waals surface area contributed by atoms with Crippen LogP contribution in [0.2, 0.25) is 0 Å². The number of benzene rings is 2. The van der Waals surface area contributed by atoms with Crippen LogP contribution in [0.15, 0.2) is 42.5 Å². The molecule has 0 radical (unpaired) electrons. The smallest absolute Gasteiger partial charge is 0.243 e. The molecule has 1 atom stereocenters. The highest BCUT2D eigenvalue weighted by Crippen LogP contribution is 2.24. The summed E-state index contributed by atoms with van der Waals surface area (Å²) in [6, 6.07) is 13.0. The number of anilines is 1. The molecule has 7 heteroatoms. The van der Waals surface area contributed by atoms with Gasteiger partial charge < -0.3 is 5.32 Å². The van der Waals surface area contributed by atoms with Crippen molar-refractivity contribution in [2.24, 2.45) is 0 Å². The van der Waals surface area contributed by atoms with Crippen LogP contribution in [-0.2, 0) is 27.9 Å². The third-order valence-electron chi connectivity index (χ3n) is 5.86. The van der Waals surface area contributed by atoms with Crippen molar-refractivity contribution in [3.8, 4) is 0 Å². The summed E-state index contributed by atoms with van der Waals surface area (Å²) >= 11 is 0. The molecule has 3 rings (SSSR count). The van der Waals surface area contributed by atoms with E-state index in [-0.39, 0.29) is 5.91 Å². The SMILES string of the molecule is Cc1cc(C)cc(N([C@H](C)C(=O)NCc2cccc(CN3CCCCC3)c2)S(C)(=O)=O)c1. The van der Waals surface area contributed by atoms with Crippen LogP contribution in [0.3, 0.4) is 0 Å². The molecule has 174 valence electrons. The van der Waals surface area contributed by atoms with E-state index in [1.807, 2.05) is 32.0 Å². The van der Waals surface area contributed by atoms with Gasteiger partial charge in [-0.2, -0.15) is 0 Å². The number of aryl methyl sites for hydroxylation is 2. The topological polar surface area (TPSA) is 69.7 Å². The molecule has 0 bridgehead atoms. The Hall–Kier alpha value is -2.38. The minimum Gasteiger partial charge on any atom is -0.350 e. The molecule has 1 saturated heterocycles. The Morgan fingerprint density at radius 1 is 1.03 bits per heavy atom. The van der Waals surface area contributed by atoms with E-state index in [9.17, 15) is 13.2 Å². The highest BCUT2D eigenvalue weighted by molar-refractivity contribution is 7.92. The van der Waals surface area contributed by atoms with Crippen molar-refractivity contribution in [2.45, 2.75) is 59.2 Å². The molecule has 2 aromatic carbocycles. The summed E-state index contributed by atoms with van der Waals surface area (Å²) in [7, 11) is -3.63. The molecule has 1 fully saturated rings. The Morgan fingerprint density at radius 3 is 2.28 bits per heavy atom. The minimum absolute atomic E-state index is 0.323. The van der Waals surface area contributed by atoms with Crippen molar-refractivity contribution >= 4 is 21.6 Å². The Labute approximate surface area is 192 Å². The van der Waals surface area contributed by atoms with E-state index in [1.165, 1.54) is 29.1 Å².